The monoisotopic (exact) mass is 480 g/mol. The lowest BCUT2D eigenvalue weighted by Gasteiger charge is -2.28. The number of rotatable bonds is 5. The molecule has 0 saturated heterocycles. The lowest BCUT2D eigenvalue weighted by Crippen LogP contribution is -2.39. The largest absolute Gasteiger partial charge is 0.507 e. The number of hydrogen-bond acceptors (Lipinski definition) is 6. The Morgan fingerprint density at radius 1 is 0.914 bits per heavy atom. The van der Waals surface area contributed by atoms with Crippen molar-refractivity contribution in [1.29, 1.82) is 0 Å². The summed E-state index contributed by atoms with van der Waals surface area (Å²) in [6, 6.07) is 10.1. The van der Waals surface area contributed by atoms with Crippen molar-refractivity contribution in [2.75, 3.05) is 6.61 Å². The van der Waals surface area contributed by atoms with E-state index in [-0.39, 0.29) is 28.6 Å². The molecule has 1 N–H and O–H groups in total. The second-order valence-corrected chi connectivity index (χ2v) is 11.4. The van der Waals surface area contributed by atoms with Crippen molar-refractivity contribution in [3.63, 3.8) is 0 Å². The van der Waals surface area contributed by atoms with Crippen molar-refractivity contribution in [2.24, 2.45) is 0 Å². The zero-order chi connectivity index (χ0) is 26.3. The molecule has 3 aromatic rings. The SMILES string of the molecule is CCOC(=O)C(C)(C)Oc1ccc2c(=O)cc(-c3cc(C(C)(C)C)c(O)c(C(C)(C)C)c3)oc2c1. The van der Waals surface area contributed by atoms with E-state index in [4.69, 9.17) is 13.9 Å². The minimum Gasteiger partial charge on any atom is -0.507 e. The molecule has 0 atom stereocenters. The Hall–Kier alpha value is -3.28. The Balaban J connectivity index is 2.17. The van der Waals surface area contributed by atoms with Crippen molar-refractivity contribution in [1.82, 2.24) is 0 Å². The molecule has 0 aliphatic heterocycles. The van der Waals surface area contributed by atoms with Gasteiger partial charge in [0, 0.05) is 28.8 Å². The molecular formula is C29H36O6. The van der Waals surface area contributed by atoms with Crippen LogP contribution < -0.4 is 10.2 Å². The number of carbonyl (C=O) groups excluding carboxylic acids is 1. The van der Waals surface area contributed by atoms with Gasteiger partial charge < -0.3 is 19.0 Å². The van der Waals surface area contributed by atoms with Gasteiger partial charge in [0.1, 0.15) is 22.8 Å². The Morgan fingerprint density at radius 3 is 2.00 bits per heavy atom. The Bertz CT molecular complexity index is 1280. The Morgan fingerprint density at radius 2 is 1.49 bits per heavy atom. The van der Waals surface area contributed by atoms with Crippen LogP contribution in [0.4, 0.5) is 0 Å². The standard InChI is InChI=1S/C29H36O6/c1-10-33-26(32)29(8,9)35-18-11-12-19-22(30)16-23(34-24(19)15-18)17-13-20(27(2,3)4)25(31)21(14-17)28(5,6)7/h11-16,31H,10H2,1-9H3. The summed E-state index contributed by atoms with van der Waals surface area (Å²) in [5.74, 6) is 0.546. The highest BCUT2D eigenvalue weighted by Crippen LogP contribution is 2.42. The number of esters is 1. The number of carbonyl (C=O) groups is 1. The topological polar surface area (TPSA) is 86.0 Å². The van der Waals surface area contributed by atoms with Crippen LogP contribution in [0, 0.1) is 0 Å². The van der Waals surface area contributed by atoms with E-state index >= 15 is 0 Å². The van der Waals surface area contributed by atoms with Crippen LogP contribution in [0.1, 0.15) is 73.4 Å². The zero-order valence-corrected chi connectivity index (χ0v) is 22.2. The van der Waals surface area contributed by atoms with Gasteiger partial charge in [0.15, 0.2) is 11.0 Å². The molecule has 0 spiro atoms. The van der Waals surface area contributed by atoms with E-state index in [9.17, 15) is 14.7 Å². The van der Waals surface area contributed by atoms with Gasteiger partial charge in [-0.1, -0.05) is 41.5 Å². The summed E-state index contributed by atoms with van der Waals surface area (Å²) < 4.78 is 17.2. The number of fused-ring (bicyclic) bond motifs is 1. The molecule has 6 heteroatoms. The van der Waals surface area contributed by atoms with Crippen LogP contribution in [0.5, 0.6) is 11.5 Å². The molecule has 0 radical (unpaired) electrons. The van der Waals surface area contributed by atoms with E-state index in [2.05, 4.69) is 0 Å². The fraction of sp³-hybridized carbons (Fsp3) is 0.448. The smallest absolute Gasteiger partial charge is 0.349 e. The van der Waals surface area contributed by atoms with Crippen molar-refractivity contribution in [3.05, 3.63) is 57.7 Å². The summed E-state index contributed by atoms with van der Waals surface area (Å²) in [7, 11) is 0. The molecule has 0 unspecified atom stereocenters. The first-order chi connectivity index (χ1) is 16.0. The average Bonchev–Trinajstić information content (AvgIpc) is 2.71. The van der Waals surface area contributed by atoms with Crippen molar-refractivity contribution < 1.29 is 23.8 Å². The Labute approximate surface area is 206 Å². The maximum atomic E-state index is 13.0. The van der Waals surface area contributed by atoms with Gasteiger partial charge >= 0.3 is 5.97 Å². The third-order valence-electron chi connectivity index (χ3n) is 5.85. The van der Waals surface area contributed by atoms with Crippen molar-refractivity contribution in [3.8, 4) is 22.8 Å². The van der Waals surface area contributed by atoms with Gasteiger partial charge in [0.05, 0.1) is 12.0 Å². The fourth-order valence-electron chi connectivity index (χ4n) is 3.90. The minimum absolute atomic E-state index is 0.194. The molecule has 2 aromatic carbocycles. The zero-order valence-electron chi connectivity index (χ0n) is 22.2. The molecule has 6 nitrogen and oxygen atoms in total. The lowest BCUT2D eigenvalue weighted by molar-refractivity contribution is -0.158. The molecule has 0 aliphatic carbocycles. The molecule has 3 rings (SSSR count). The normalized spacial score (nSPS) is 12.6. The van der Waals surface area contributed by atoms with Crippen LogP contribution in [-0.2, 0) is 20.4 Å². The van der Waals surface area contributed by atoms with E-state index in [0.717, 1.165) is 11.1 Å². The summed E-state index contributed by atoms with van der Waals surface area (Å²) in [5, 5.41) is 11.4. The highest BCUT2D eigenvalue weighted by Gasteiger charge is 2.32. The first-order valence-corrected chi connectivity index (χ1v) is 11.9. The van der Waals surface area contributed by atoms with Gasteiger partial charge in [-0.15, -0.1) is 0 Å². The Kier molecular flexibility index (Phi) is 6.82. The number of hydrogen-bond donors (Lipinski definition) is 1. The molecule has 35 heavy (non-hydrogen) atoms. The van der Waals surface area contributed by atoms with E-state index < -0.39 is 11.6 Å². The summed E-state index contributed by atoms with van der Waals surface area (Å²) in [6.45, 7) is 17.4. The molecule has 0 aliphatic rings. The van der Waals surface area contributed by atoms with Crippen LogP contribution in [0.3, 0.4) is 0 Å². The maximum Gasteiger partial charge on any atom is 0.349 e. The molecule has 0 saturated carbocycles. The molecule has 1 aromatic heterocycles. The number of phenolic OH excluding ortho intramolecular Hbond substituents is 1. The van der Waals surface area contributed by atoms with E-state index in [1.54, 1.807) is 39.0 Å². The van der Waals surface area contributed by atoms with Gasteiger partial charge in [0.2, 0.25) is 0 Å². The maximum absolute atomic E-state index is 13.0. The lowest BCUT2D eigenvalue weighted by atomic mass is 9.78. The predicted molar refractivity (Wildman–Crippen MR) is 138 cm³/mol. The number of phenols is 1. The fourth-order valence-corrected chi connectivity index (χ4v) is 3.90. The van der Waals surface area contributed by atoms with Crippen LogP contribution in [0.25, 0.3) is 22.3 Å². The quantitative estimate of drug-likeness (QED) is 0.421. The first-order valence-electron chi connectivity index (χ1n) is 11.9. The summed E-state index contributed by atoms with van der Waals surface area (Å²) >= 11 is 0. The predicted octanol–water partition coefficient (Wildman–Crippen LogP) is 6.48. The van der Waals surface area contributed by atoms with Gasteiger partial charge in [-0.25, -0.2) is 4.79 Å². The van der Waals surface area contributed by atoms with E-state index in [1.807, 2.05) is 53.7 Å². The first kappa shape index (κ1) is 26.3. The van der Waals surface area contributed by atoms with Crippen LogP contribution in [0.2, 0.25) is 0 Å². The second kappa shape index (κ2) is 9.06. The second-order valence-electron chi connectivity index (χ2n) is 11.4. The minimum atomic E-state index is -1.21. The van der Waals surface area contributed by atoms with Gasteiger partial charge in [0.25, 0.3) is 0 Å². The highest BCUT2D eigenvalue weighted by molar-refractivity contribution is 5.82. The summed E-state index contributed by atoms with van der Waals surface area (Å²) in [6.07, 6.45) is 0. The van der Waals surface area contributed by atoms with Gasteiger partial charge in [-0.05, 0) is 55.9 Å². The van der Waals surface area contributed by atoms with Crippen LogP contribution in [-0.4, -0.2) is 23.3 Å². The molecule has 0 amide bonds. The van der Waals surface area contributed by atoms with Gasteiger partial charge in [-0.2, -0.15) is 0 Å². The van der Waals surface area contributed by atoms with E-state index in [1.165, 1.54) is 6.07 Å². The van der Waals surface area contributed by atoms with E-state index in [0.29, 0.717) is 28.0 Å². The number of aromatic hydroxyl groups is 1. The third kappa shape index (κ3) is 5.53. The molecule has 1 heterocycles. The third-order valence-corrected chi connectivity index (χ3v) is 5.85. The number of ether oxygens (including phenoxy) is 2. The van der Waals surface area contributed by atoms with Crippen LogP contribution >= 0.6 is 0 Å². The number of benzene rings is 2. The molecule has 0 bridgehead atoms. The van der Waals surface area contributed by atoms with Crippen molar-refractivity contribution >= 4 is 16.9 Å². The summed E-state index contributed by atoms with van der Waals surface area (Å²) in [5.41, 5.74) is 0.546. The van der Waals surface area contributed by atoms with Crippen molar-refractivity contribution in [2.45, 2.75) is 78.7 Å². The average molecular weight is 481 g/mol. The summed E-state index contributed by atoms with van der Waals surface area (Å²) in [4.78, 5) is 25.2. The van der Waals surface area contributed by atoms with Gasteiger partial charge in [-0.3, -0.25) is 4.79 Å². The molecule has 0 fully saturated rings. The molecular weight excluding hydrogens is 444 g/mol. The molecule has 188 valence electrons. The highest BCUT2D eigenvalue weighted by atomic mass is 16.6. The van der Waals surface area contributed by atoms with Crippen LogP contribution in [0.15, 0.2) is 45.6 Å².